The first-order chi connectivity index (χ1) is 5.89. The lowest BCUT2D eigenvalue weighted by atomic mass is 11.0. The van der Waals surface area contributed by atoms with Crippen molar-refractivity contribution in [1.82, 2.24) is 15.0 Å². The first-order valence-electron chi connectivity index (χ1n) is 3.15. The summed E-state index contributed by atoms with van der Waals surface area (Å²) in [6.45, 7) is 0. The SMILES string of the molecule is C1=CSCS1.Nc1ncncn1. The summed E-state index contributed by atoms with van der Waals surface area (Å²) in [5.41, 5.74) is 5.10. The van der Waals surface area contributed by atoms with Gasteiger partial charge in [-0.15, -0.1) is 23.5 Å². The van der Waals surface area contributed by atoms with Gasteiger partial charge in [-0.3, -0.25) is 0 Å². The van der Waals surface area contributed by atoms with Crippen molar-refractivity contribution in [2.75, 3.05) is 10.8 Å². The van der Waals surface area contributed by atoms with Crippen LogP contribution in [0, 0.1) is 0 Å². The Balaban J connectivity index is 0.000000127. The van der Waals surface area contributed by atoms with Crippen molar-refractivity contribution in [3.63, 3.8) is 0 Å². The molecular formula is C6H8N4S2. The molecule has 1 aliphatic heterocycles. The lowest BCUT2D eigenvalue weighted by Gasteiger charge is -1.81. The third-order valence-corrected chi connectivity index (χ3v) is 2.82. The minimum absolute atomic E-state index is 0.259. The number of thioether (sulfide) groups is 2. The van der Waals surface area contributed by atoms with E-state index < -0.39 is 0 Å². The molecule has 0 fully saturated rings. The third kappa shape index (κ3) is 4.20. The molecular weight excluding hydrogens is 192 g/mol. The number of rotatable bonds is 0. The second kappa shape index (κ2) is 5.84. The standard InChI is InChI=1S/C3H4N4.C3H4S2/c4-3-6-1-5-2-7-3;1-2-5-3-4-1/h1-2H,(H2,4,5,6,7);1-2H,3H2. The largest absolute Gasteiger partial charge is 0.368 e. The molecule has 64 valence electrons. The van der Waals surface area contributed by atoms with Crippen LogP contribution in [-0.2, 0) is 0 Å². The Kier molecular flexibility index (Phi) is 4.55. The van der Waals surface area contributed by atoms with Crippen molar-refractivity contribution in [2.24, 2.45) is 0 Å². The van der Waals surface area contributed by atoms with E-state index in [1.165, 1.54) is 17.7 Å². The van der Waals surface area contributed by atoms with Crippen LogP contribution in [0.1, 0.15) is 0 Å². The topological polar surface area (TPSA) is 64.7 Å². The Morgan fingerprint density at radius 1 is 1.17 bits per heavy atom. The number of hydrogen-bond donors (Lipinski definition) is 1. The van der Waals surface area contributed by atoms with Crippen LogP contribution in [0.25, 0.3) is 0 Å². The summed E-state index contributed by atoms with van der Waals surface area (Å²) < 4.78 is 0. The van der Waals surface area contributed by atoms with E-state index in [0.29, 0.717) is 0 Å². The van der Waals surface area contributed by atoms with E-state index in [0.717, 1.165) is 0 Å². The van der Waals surface area contributed by atoms with Crippen LogP contribution in [-0.4, -0.2) is 20.0 Å². The fourth-order valence-corrected chi connectivity index (χ4v) is 2.02. The van der Waals surface area contributed by atoms with Crippen molar-refractivity contribution in [3.05, 3.63) is 23.5 Å². The van der Waals surface area contributed by atoms with Gasteiger partial charge in [-0.2, -0.15) is 0 Å². The number of nitrogens with zero attached hydrogens (tertiary/aromatic N) is 3. The van der Waals surface area contributed by atoms with Crippen LogP contribution in [0.5, 0.6) is 0 Å². The predicted molar refractivity (Wildman–Crippen MR) is 53.4 cm³/mol. The molecule has 0 saturated heterocycles. The van der Waals surface area contributed by atoms with Gasteiger partial charge in [-0.05, 0) is 10.8 Å². The zero-order chi connectivity index (χ0) is 8.65. The molecule has 0 unspecified atom stereocenters. The second-order valence-corrected chi connectivity index (χ2v) is 3.87. The molecule has 0 spiro atoms. The molecule has 1 aromatic rings. The van der Waals surface area contributed by atoms with Crippen LogP contribution < -0.4 is 5.73 Å². The van der Waals surface area contributed by atoms with Gasteiger partial charge in [-0.25, -0.2) is 15.0 Å². The van der Waals surface area contributed by atoms with Gasteiger partial charge in [0.1, 0.15) is 12.7 Å². The van der Waals surface area contributed by atoms with E-state index in [1.54, 1.807) is 0 Å². The highest BCUT2D eigenvalue weighted by atomic mass is 32.2. The summed E-state index contributed by atoms with van der Waals surface area (Å²) in [7, 11) is 0. The highest BCUT2D eigenvalue weighted by Crippen LogP contribution is 2.22. The lowest BCUT2D eigenvalue weighted by Crippen LogP contribution is -1.92. The van der Waals surface area contributed by atoms with Crippen molar-refractivity contribution >= 4 is 29.5 Å². The van der Waals surface area contributed by atoms with Gasteiger partial charge in [0.05, 0.1) is 0 Å². The first-order valence-corrected chi connectivity index (χ1v) is 5.25. The molecule has 1 aliphatic rings. The van der Waals surface area contributed by atoms with E-state index in [-0.39, 0.29) is 5.95 Å². The summed E-state index contributed by atoms with van der Waals surface area (Å²) in [5, 5.41) is 5.45. The molecule has 0 aliphatic carbocycles. The molecule has 0 saturated carbocycles. The second-order valence-electron chi connectivity index (χ2n) is 1.72. The lowest BCUT2D eigenvalue weighted by molar-refractivity contribution is 1.06. The van der Waals surface area contributed by atoms with Gasteiger partial charge >= 0.3 is 0 Å². The highest BCUT2D eigenvalue weighted by molar-refractivity contribution is 8.21. The summed E-state index contributed by atoms with van der Waals surface area (Å²) in [5.74, 6) is 0.259. The quantitative estimate of drug-likeness (QED) is 0.682. The van der Waals surface area contributed by atoms with Crippen molar-refractivity contribution in [3.8, 4) is 0 Å². The summed E-state index contributed by atoms with van der Waals surface area (Å²) in [6, 6.07) is 0. The summed E-state index contributed by atoms with van der Waals surface area (Å²) in [4.78, 5) is 10.6. The molecule has 2 heterocycles. The van der Waals surface area contributed by atoms with Gasteiger partial charge in [0, 0.05) is 5.08 Å². The molecule has 6 heteroatoms. The Morgan fingerprint density at radius 2 is 1.75 bits per heavy atom. The van der Waals surface area contributed by atoms with E-state index in [1.807, 2.05) is 23.5 Å². The maximum atomic E-state index is 5.10. The molecule has 0 atom stereocenters. The maximum Gasteiger partial charge on any atom is 0.222 e. The Bertz CT molecular complexity index is 233. The van der Waals surface area contributed by atoms with Crippen molar-refractivity contribution in [1.29, 1.82) is 0 Å². The van der Waals surface area contributed by atoms with Gasteiger partial charge in [0.2, 0.25) is 5.95 Å². The zero-order valence-corrected chi connectivity index (χ0v) is 7.88. The molecule has 2 N–H and O–H groups in total. The fourth-order valence-electron chi connectivity index (χ4n) is 0.445. The normalized spacial score (nSPS) is 13.7. The van der Waals surface area contributed by atoms with E-state index in [2.05, 4.69) is 25.8 Å². The number of aromatic nitrogens is 3. The van der Waals surface area contributed by atoms with Gasteiger partial charge in [-0.1, -0.05) is 0 Å². The number of hydrogen-bond acceptors (Lipinski definition) is 6. The average molecular weight is 200 g/mol. The van der Waals surface area contributed by atoms with E-state index in [9.17, 15) is 0 Å². The molecule has 1 aromatic heterocycles. The zero-order valence-electron chi connectivity index (χ0n) is 6.25. The predicted octanol–water partition coefficient (Wildman–Crippen LogP) is 1.35. The molecule has 12 heavy (non-hydrogen) atoms. The minimum Gasteiger partial charge on any atom is -0.368 e. The Morgan fingerprint density at radius 3 is 2.00 bits per heavy atom. The summed E-state index contributed by atoms with van der Waals surface area (Å²) >= 11 is 3.71. The number of anilines is 1. The number of nitrogens with two attached hydrogens (primary N) is 1. The van der Waals surface area contributed by atoms with Gasteiger partial charge in [0.15, 0.2) is 0 Å². The smallest absolute Gasteiger partial charge is 0.222 e. The Hall–Kier alpha value is -0.750. The highest BCUT2D eigenvalue weighted by Gasteiger charge is 1.85. The van der Waals surface area contributed by atoms with Gasteiger partial charge in [0.25, 0.3) is 0 Å². The molecule has 0 amide bonds. The minimum atomic E-state index is 0.259. The van der Waals surface area contributed by atoms with Crippen LogP contribution in [0.3, 0.4) is 0 Å². The monoisotopic (exact) mass is 200 g/mol. The van der Waals surface area contributed by atoms with Crippen LogP contribution in [0.4, 0.5) is 5.95 Å². The molecule has 0 bridgehead atoms. The van der Waals surface area contributed by atoms with Gasteiger partial charge < -0.3 is 5.73 Å². The summed E-state index contributed by atoms with van der Waals surface area (Å²) in [6.07, 6.45) is 2.70. The molecule has 0 radical (unpaired) electrons. The van der Waals surface area contributed by atoms with E-state index in [4.69, 9.17) is 5.73 Å². The first kappa shape index (κ1) is 9.34. The molecule has 0 aromatic carbocycles. The fraction of sp³-hybridized carbons (Fsp3) is 0.167. The Labute approximate surface area is 79.1 Å². The number of nitrogen functional groups attached to an aromatic ring is 1. The van der Waals surface area contributed by atoms with Crippen molar-refractivity contribution in [2.45, 2.75) is 0 Å². The molecule has 2 rings (SSSR count). The third-order valence-electron chi connectivity index (χ3n) is 0.897. The molecule has 4 nitrogen and oxygen atoms in total. The maximum absolute atomic E-state index is 5.10. The van der Waals surface area contributed by atoms with Crippen LogP contribution in [0.2, 0.25) is 0 Å². The average Bonchev–Trinajstić information content (AvgIpc) is 2.62. The van der Waals surface area contributed by atoms with Crippen LogP contribution in [0.15, 0.2) is 23.5 Å². The van der Waals surface area contributed by atoms with Crippen LogP contribution >= 0.6 is 23.5 Å². The van der Waals surface area contributed by atoms with Crippen molar-refractivity contribution < 1.29 is 0 Å². The van der Waals surface area contributed by atoms with E-state index >= 15 is 0 Å².